The van der Waals surface area contributed by atoms with E-state index in [1.54, 1.807) is 15.8 Å². The second-order valence-corrected chi connectivity index (χ2v) is 7.05. The van der Waals surface area contributed by atoms with Gasteiger partial charge >= 0.3 is 0 Å². The Labute approximate surface area is 147 Å². The first-order valence-corrected chi connectivity index (χ1v) is 8.67. The first-order valence-electron chi connectivity index (χ1n) is 8.29. The molecule has 1 aliphatic rings. The number of halogens is 1. The molecule has 0 bridgehead atoms. The molecule has 0 spiro atoms. The number of hydrogen-bond donors (Lipinski definition) is 2. The van der Waals surface area contributed by atoms with Crippen LogP contribution < -0.4 is 0 Å². The number of rotatable bonds is 6. The molecule has 2 heterocycles. The predicted octanol–water partition coefficient (Wildman–Crippen LogP) is 1.02. The maximum absolute atomic E-state index is 12.9. The zero-order chi connectivity index (χ0) is 17.9. The third-order valence-corrected chi connectivity index (χ3v) is 4.35. The molecule has 1 amide bonds. The average molecular weight is 360 g/mol. The van der Waals surface area contributed by atoms with Gasteiger partial charge in [-0.15, -0.1) is 0 Å². The predicted molar refractivity (Wildman–Crippen MR) is 90.0 cm³/mol. The zero-order valence-electron chi connectivity index (χ0n) is 14.4. The van der Waals surface area contributed by atoms with Crippen molar-refractivity contribution < 1.29 is 19.7 Å². The first-order chi connectivity index (χ1) is 11.3. The molecule has 1 fully saturated rings. The maximum atomic E-state index is 12.9. The van der Waals surface area contributed by atoms with Gasteiger partial charge in [-0.1, -0.05) is 25.4 Å². The molecule has 24 heavy (non-hydrogen) atoms. The van der Waals surface area contributed by atoms with Crippen molar-refractivity contribution in [3.63, 3.8) is 0 Å². The van der Waals surface area contributed by atoms with Gasteiger partial charge in [-0.25, -0.2) is 0 Å². The first kappa shape index (κ1) is 19.2. The number of aryl methyl sites for hydroxylation is 1. The molecule has 1 aliphatic heterocycles. The molecule has 3 atom stereocenters. The molecule has 0 aromatic carbocycles. The van der Waals surface area contributed by atoms with Crippen molar-refractivity contribution in [1.29, 1.82) is 0 Å². The van der Waals surface area contributed by atoms with E-state index in [-0.39, 0.29) is 36.6 Å². The second-order valence-electron chi connectivity index (χ2n) is 6.64. The van der Waals surface area contributed by atoms with E-state index < -0.39 is 12.2 Å². The van der Waals surface area contributed by atoms with Gasteiger partial charge in [-0.3, -0.25) is 9.48 Å². The number of carbonyl (C=O) groups is 1. The lowest BCUT2D eigenvalue weighted by Gasteiger charge is -2.35. The van der Waals surface area contributed by atoms with Crippen LogP contribution in [0.5, 0.6) is 0 Å². The Balaban J connectivity index is 2.17. The Morgan fingerprint density at radius 1 is 1.50 bits per heavy atom. The summed E-state index contributed by atoms with van der Waals surface area (Å²) >= 11 is 6.15. The van der Waals surface area contributed by atoms with Crippen LogP contribution in [0, 0.1) is 11.8 Å². The molecular weight excluding hydrogens is 334 g/mol. The van der Waals surface area contributed by atoms with Crippen LogP contribution >= 0.6 is 11.6 Å². The van der Waals surface area contributed by atoms with Gasteiger partial charge in [-0.2, -0.15) is 5.10 Å². The van der Waals surface area contributed by atoms with Crippen molar-refractivity contribution in [3.8, 4) is 0 Å². The van der Waals surface area contributed by atoms with E-state index >= 15 is 0 Å². The smallest absolute Gasteiger partial charge is 0.275 e. The van der Waals surface area contributed by atoms with Gasteiger partial charge in [0.1, 0.15) is 6.10 Å². The number of carbonyl (C=O) groups excluding carboxylic acids is 1. The van der Waals surface area contributed by atoms with E-state index in [1.165, 1.54) is 0 Å². The second kappa shape index (κ2) is 8.29. The third kappa shape index (κ3) is 4.47. The van der Waals surface area contributed by atoms with E-state index in [0.717, 1.165) is 0 Å². The highest BCUT2D eigenvalue weighted by Crippen LogP contribution is 2.21. The number of nitrogens with zero attached hydrogens (tertiary/aromatic N) is 3. The summed E-state index contributed by atoms with van der Waals surface area (Å²) in [7, 11) is 0. The number of ether oxygens (including phenoxy) is 1. The molecule has 1 aromatic heterocycles. The lowest BCUT2D eigenvalue weighted by molar-refractivity contribution is -0.124. The van der Waals surface area contributed by atoms with Gasteiger partial charge < -0.3 is 19.8 Å². The van der Waals surface area contributed by atoms with Crippen LogP contribution in [0.15, 0.2) is 6.20 Å². The zero-order valence-corrected chi connectivity index (χ0v) is 15.1. The van der Waals surface area contributed by atoms with Gasteiger partial charge in [0.05, 0.1) is 24.3 Å². The monoisotopic (exact) mass is 359 g/mol. The minimum Gasteiger partial charge on any atom is -0.390 e. The SMILES string of the molecule is CCn1cc(Cl)c(C(=O)N(CC(C)C)C[C@@H]2COC[C@@H](O)[C@H]2O)n1. The molecular formula is C16H26ClN3O4. The Hall–Kier alpha value is -1.15. The number of aliphatic hydroxyl groups excluding tert-OH is 2. The normalized spacial score (nSPS) is 24.4. The van der Waals surface area contributed by atoms with Crippen molar-refractivity contribution >= 4 is 17.5 Å². The molecule has 136 valence electrons. The highest BCUT2D eigenvalue weighted by atomic mass is 35.5. The topological polar surface area (TPSA) is 87.8 Å². The number of amides is 1. The van der Waals surface area contributed by atoms with Crippen LogP contribution in [0.2, 0.25) is 5.02 Å². The number of hydrogen-bond acceptors (Lipinski definition) is 5. The van der Waals surface area contributed by atoms with E-state index in [0.29, 0.717) is 24.7 Å². The van der Waals surface area contributed by atoms with Crippen molar-refractivity contribution in [3.05, 3.63) is 16.9 Å². The fourth-order valence-electron chi connectivity index (χ4n) is 2.83. The van der Waals surface area contributed by atoms with Gasteiger partial charge in [0, 0.05) is 31.7 Å². The summed E-state index contributed by atoms with van der Waals surface area (Å²) in [5.41, 5.74) is 0.214. The molecule has 2 rings (SSSR count). The minimum atomic E-state index is -0.928. The fourth-order valence-corrected chi connectivity index (χ4v) is 3.06. The molecule has 1 saturated heterocycles. The Morgan fingerprint density at radius 3 is 2.79 bits per heavy atom. The minimum absolute atomic E-state index is 0.114. The van der Waals surface area contributed by atoms with Gasteiger partial charge in [-0.05, 0) is 12.8 Å². The summed E-state index contributed by atoms with van der Waals surface area (Å²) in [6.45, 7) is 7.77. The van der Waals surface area contributed by atoms with Crippen LogP contribution in [0.1, 0.15) is 31.3 Å². The number of aromatic nitrogens is 2. The van der Waals surface area contributed by atoms with Crippen LogP contribution in [-0.4, -0.2) is 69.3 Å². The van der Waals surface area contributed by atoms with E-state index in [1.807, 2.05) is 20.8 Å². The Kier molecular flexibility index (Phi) is 6.62. The largest absolute Gasteiger partial charge is 0.390 e. The highest BCUT2D eigenvalue weighted by molar-refractivity contribution is 6.33. The van der Waals surface area contributed by atoms with E-state index in [4.69, 9.17) is 16.3 Å². The number of aliphatic hydroxyl groups is 2. The lowest BCUT2D eigenvalue weighted by Crippen LogP contribution is -2.50. The summed E-state index contributed by atoms with van der Waals surface area (Å²) in [6, 6.07) is 0. The molecule has 7 nitrogen and oxygen atoms in total. The average Bonchev–Trinajstić information content (AvgIpc) is 2.91. The lowest BCUT2D eigenvalue weighted by atomic mass is 9.95. The standard InChI is InChI=1S/C16H26ClN3O4/c1-4-20-7-12(17)14(18-20)16(23)19(5-10(2)3)6-11-8-24-9-13(21)15(11)22/h7,10-11,13,15,21-22H,4-6,8-9H2,1-3H3/t11-,13-,15+/m1/s1. The van der Waals surface area contributed by atoms with Crippen molar-refractivity contribution in [2.75, 3.05) is 26.3 Å². The fraction of sp³-hybridized carbons (Fsp3) is 0.750. The molecule has 0 aliphatic carbocycles. The summed E-state index contributed by atoms with van der Waals surface area (Å²) in [4.78, 5) is 14.5. The van der Waals surface area contributed by atoms with Gasteiger partial charge in [0.2, 0.25) is 0 Å². The molecule has 8 heteroatoms. The van der Waals surface area contributed by atoms with Crippen LogP contribution in [-0.2, 0) is 11.3 Å². The van der Waals surface area contributed by atoms with E-state index in [2.05, 4.69) is 5.10 Å². The Morgan fingerprint density at radius 2 is 2.21 bits per heavy atom. The van der Waals surface area contributed by atoms with Crippen molar-refractivity contribution in [2.24, 2.45) is 11.8 Å². The van der Waals surface area contributed by atoms with Crippen molar-refractivity contribution in [1.82, 2.24) is 14.7 Å². The van der Waals surface area contributed by atoms with Gasteiger partial charge in [0.25, 0.3) is 5.91 Å². The molecule has 0 saturated carbocycles. The quantitative estimate of drug-likeness (QED) is 0.791. The van der Waals surface area contributed by atoms with E-state index in [9.17, 15) is 15.0 Å². The van der Waals surface area contributed by atoms with Crippen LogP contribution in [0.4, 0.5) is 0 Å². The van der Waals surface area contributed by atoms with Crippen LogP contribution in [0.25, 0.3) is 0 Å². The molecule has 0 unspecified atom stereocenters. The van der Waals surface area contributed by atoms with Crippen LogP contribution in [0.3, 0.4) is 0 Å². The molecule has 2 N–H and O–H groups in total. The third-order valence-electron chi connectivity index (χ3n) is 4.07. The maximum Gasteiger partial charge on any atom is 0.275 e. The van der Waals surface area contributed by atoms with Gasteiger partial charge in [0.15, 0.2) is 5.69 Å². The van der Waals surface area contributed by atoms with Crippen molar-refractivity contribution in [2.45, 2.75) is 39.5 Å². The molecule has 1 aromatic rings. The summed E-state index contributed by atoms with van der Waals surface area (Å²) < 4.78 is 6.92. The summed E-state index contributed by atoms with van der Waals surface area (Å²) in [5, 5.41) is 24.5. The summed E-state index contributed by atoms with van der Waals surface area (Å²) in [5.74, 6) is -0.371. The summed E-state index contributed by atoms with van der Waals surface area (Å²) in [6.07, 6.45) is -0.211. The highest BCUT2D eigenvalue weighted by Gasteiger charge is 2.34. The Bertz CT molecular complexity index is 564. The molecule has 0 radical (unpaired) electrons.